The van der Waals surface area contributed by atoms with Crippen molar-refractivity contribution in [3.63, 3.8) is 0 Å². The summed E-state index contributed by atoms with van der Waals surface area (Å²) in [5, 5.41) is 8.50. The number of fused-ring (bicyclic) bond motifs is 1. The molecule has 1 N–H and O–H groups in total. The fraction of sp³-hybridized carbons (Fsp3) is 0.522. The van der Waals surface area contributed by atoms with Crippen molar-refractivity contribution in [3.05, 3.63) is 62.5 Å². The number of hydrogen-bond donors (Lipinski definition) is 1. The Morgan fingerprint density at radius 3 is 2.62 bits per heavy atom. The van der Waals surface area contributed by atoms with E-state index in [9.17, 15) is 9.59 Å². The van der Waals surface area contributed by atoms with E-state index in [1.165, 1.54) is 6.42 Å². The van der Waals surface area contributed by atoms with Gasteiger partial charge >= 0.3 is 0 Å². The third-order valence-electron chi connectivity index (χ3n) is 6.33. The van der Waals surface area contributed by atoms with E-state index in [0.717, 1.165) is 61.8 Å². The zero-order chi connectivity index (χ0) is 20.4. The predicted molar refractivity (Wildman–Crippen MR) is 114 cm³/mol. The van der Waals surface area contributed by atoms with Gasteiger partial charge in [0.05, 0.1) is 17.7 Å². The van der Waals surface area contributed by atoms with E-state index in [-0.39, 0.29) is 17.5 Å². The van der Waals surface area contributed by atoms with Crippen LogP contribution in [0.1, 0.15) is 62.3 Å². The lowest BCUT2D eigenvalue weighted by Crippen LogP contribution is -2.45. The van der Waals surface area contributed by atoms with Crippen LogP contribution in [-0.4, -0.2) is 21.7 Å². The summed E-state index contributed by atoms with van der Waals surface area (Å²) in [6, 6.07) is 9.17. The van der Waals surface area contributed by atoms with Gasteiger partial charge in [0.2, 0.25) is 5.91 Å². The van der Waals surface area contributed by atoms with E-state index in [4.69, 9.17) is 11.6 Å². The highest BCUT2D eigenvalue weighted by Gasteiger charge is 2.51. The fourth-order valence-electron chi connectivity index (χ4n) is 4.26. The lowest BCUT2D eigenvalue weighted by molar-refractivity contribution is -0.124. The lowest BCUT2D eigenvalue weighted by atomic mass is 9.94. The molecule has 0 saturated heterocycles. The molecule has 2 aliphatic rings. The van der Waals surface area contributed by atoms with E-state index in [2.05, 4.69) is 10.4 Å². The van der Waals surface area contributed by atoms with E-state index >= 15 is 0 Å². The van der Waals surface area contributed by atoms with E-state index in [0.29, 0.717) is 11.6 Å². The molecule has 1 aromatic heterocycles. The molecule has 2 aliphatic carbocycles. The minimum atomic E-state index is -0.454. The number of nitrogens with one attached hydrogen (secondary N) is 1. The molecule has 1 saturated carbocycles. The van der Waals surface area contributed by atoms with Gasteiger partial charge in [0.15, 0.2) is 0 Å². The van der Waals surface area contributed by atoms with Crippen molar-refractivity contribution >= 4 is 17.5 Å². The molecule has 1 aromatic carbocycles. The van der Waals surface area contributed by atoms with Gasteiger partial charge < -0.3 is 5.32 Å². The van der Waals surface area contributed by atoms with Crippen molar-refractivity contribution in [2.45, 2.75) is 76.3 Å². The fourth-order valence-corrected chi connectivity index (χ4v) is 4.38. The standard InChI is InChI=1S/C23H28ClN3O2/c1-2-19(15-27-21(28)14-16-6-4-3-5-7-20(16)26-27)25-22(29)23(12-13-23)17-8-10-18(24)11-9-17/h8-11,14,19H,2-7,12-13,15H2,1H3,(H,25,29)/t19-/m0/s1. The number of halogens is 1. The molecule has 1 amide bonds. The second kappa shape index (κ2) is 8.31. The molecule has 5 nitrogen and oxygen atoms in total. The van der Waals surface area contributed by atoms with Crippen molar-refractivity contribution in [3.8, 4) is 0 Å². The van der Waals surface area contributed by atoms with Gasteiger partial charge in [-0.1, -0.05) is 37.1 Å². The second-order valence-corrected chi connectivity index (χ2v) is 8.80. The lowest BCUT2D eigenvalue weighted by Gasteiger charge is -2.22. The Labute approximate surface area is 176 Å². The number of aryl methyl sites for hydroxylation is 2. The van der Waals surface area contributed by atoms with Gasteiger partial charge in [0.1, 0.15) is 0 Å². The number of benzene rings is 1. The van der Waals surface area contributed by atoms with Crippen molar-refractivity contribution in [1.29, 1.82) is 0 Å². The molecular formula is C23H28ClN3O2. The van der Waals surface area contributed by atoms with Crippen LogP contribution in [-0.2, 0) is 29.6 Å². The normalized spacial score (nSPS) is 18.4. The highest BCUT2D eigenvalue weighted by molar-refractivity contribution is 6.30. The molecule has 1 atom stereocenters. The van der Waals surface area contributed by atoms with Crippen LogP contribution in [0.3, 0.4) is 0 Å². The number of carbonyl (C=O) groups excluding carboxylic acids is 1. The van der Waals surface area contributed by atoms with Gasteiger partial charge in [-0.05, 0) is 68.2 Å². The largest absolute Gasteiger partial charge is 0.351 e. The first-order chi connectivity index (χ1) is 14.0. The predicted octanol–water partition coefficient (Wildman–Crippen LogP) is 3.79. The highest BCUT2D eigenvalue weighted by Crippen LogP contribution is 2.48. The molecule has 6 heteroatoms. The molecule has 4 rings (SSSR count). The van der Waals surface area contributed by atoms with Crippen LogP contribution in [0.15, 0.2) is 35.1 Å². The summed E-state index contributed by atoms with van der Waals surface area (Å²) >= 11 is 5.99. The minimum absolute atomic E-state index is 0.0366. The Morgan fingerprint density at radius 1 is 1.21 bits per heavy atom. The first-order valence-electron chi connectivity index (χ1n) is 10.7. The van der Waals surface area contributed by atoms with Gasteiger partial charge in [0.25, 0.3) is 5.56 Å². The smallest absolute Gasteiger partial charge is 0.267 e. The van der Waals surface area contributed by atoms with Crippen LogP contribution in [0.25, 0.3) is 0 Å². The van der Waals surface area contributed by atoms with Crippen LogP contribution >= 0.6 is 11.6 Å². The first-order valence-corrected chi connectivity index (χ1v) is 11.1. The molecule has 0 unspecified atom stereocenters. The number of aromatic nitrogens is 2. The minimum Gasteiger partial charge on any atom is -0.351 e. The Bertz CT molecular complexity index is 948. The molecule has 0 aliphatic heterocycles. The topological polar surface area (TPSA) is 64.0 Å². The molecule has 1 heterocycles. The van der Waals surface area contributed by atoms with Crippen LogP contribution in [0, 0.1) is 0 Å². The van der Waals surface area contributed by atoms with Gasteiger partial charge in [-0.15, -0.1) is 0 Å². The van der Waals surface area contributed by atoms with Gasteiger partial charge in [-0.2, -0.15) is 5.10 Å². The summed E-state index contributed by atoms with van der Waals surface area (Å²) in [6.07, 6.45) is 7.73. The molecule has 0 radical (unpaired) electrons. The van der Waals surface area contributed by atoms with Crippen molar-refractivity contribution in [1.82, 2.24) is 15.1 Å². The average Bonchev–Trinajstić information content (AvgIpc) is 3.53. The molecule has 0 spiro atoms. The third-order valence-corrected chi connectivity index (χ3v) is 6.58. The number of amides is 1. The zero-order valence-electron chi connectivity index (χ0n) is 16.9. The SMILES string of the molecule is CC[C@@H](Cn1nc2c(cc1=O)CCCCC2)NC(=O)C1(c2ccc(Cl)cc2)CC1. The summed E-state index contributed by atoms with van der Waals surface area (Å²) < 4.78 is 1.54. The van der Waals surface area contributed by atoms with Gasteiger partial charge in [0, 0.05) is 17.1 Å². The summed E-state index contributed by atoms with van der Waals surface area (Å²) in [6.45, 7) is 2.44. The molecule has 2 aromatic rings. The van der Waals surface area contributed by atoms with Crippen LogP contribution < -0.4 is 10.9 Å². The quantitative estimate of drug-likeness (QED) is 0.732. The van der Waals surface area contributed by atoms with Crippen LogP contribution in [0.2, 0.25) is 5.02 Å². The van der Waals surface area contributed by atoms with Crippen molar-refractivity contribution < 1.29 is 4.79 Å². The average molecular weight is 414 g/mol. The van der Waals surface area contributed by atoms with Crippen LogP contribution in [0.4, 0.5) is 0 Å². The van der Waals surface area contributed by atoms with Crippen molar-refractivity contribution in [2.75, 3.05) is 0 Å². The first kappa shape index (κ1) is 20.1. The Morgan fingerprint density at radius 2 is 1.93 bits per heavy atom. The molecule has 0 bridgehead atoms. The molecule has 154 valence electrons. The molecule has 29 heavy (non-hydrogen) atoms. The number of hydrogen-bond acceptors (Lipinski definition) is 3. The Balaban J connectivity index is 1.49. The maximum absolute atomic E-state index is 13.1. The van der Waals surface area contributed by atoms with Gasteiger partial charge in [-0.3, -0.25) is 9.59 Å². The number of rotatable bonds is 6. The van der Waals surface area contributed by atoms with Crippen molar-refractivity contribution in [2.24, 2.45) is 0 Å². The van der Waals surface area contributed by atoms with E-state index < -0.39 is 5.41 Å². The van der Waals surface area contributed by atoms with Gasteiger partial charge in [-0.25, -0.2) is 4.68 Å². The monoisotopic (exact) mass is 413 g/mol. The summed E-state index contributed by atoms with van der Waals surface area (Å²) in [5.41, 5.74) is 2.62. The number of nitrogens with zero attached hydrogens (tertiary/aromatic N) is 2. The maximum Gasteiger partial charge on any atom is 0.267 e. The van der Waals surface area contributed by atoms with E-state index in [1.54, 1.807) is 10.7 Å². The Hall–Kier alpha value is -2.14. The Kier molecular flexibility index (Phi) is 5.77. The van der Waals surface area contributed by atoms with E-state index in [1.807, 2.05) is 31.2 Å². The highest BCUT2D eigenvalue weighted by atomic mass is 35.5. The maximum atomic E-state index is 13.1. The molecule has 1 fully saturated rings. The van der Waals surface area contributed by atoms with Crippen LogP contribution in [0.5, 0.6) is 0 Å². The molecular weight excluding hydrogens is 386 g/mol. The second-order valence-electron chi connectivity index (χ2n) is 8.36. The summed E-state index contributed by atoms with van der Waals surface area (Å²) in [7, 11) is 0. The number of carbonyl (C=O) groups is 1. The zero-order valence-corrected chi connectivity index (χ0v) is 17.7. The summed E-state index contributed by atoms with van der Waals surface area (Å²) in [5.74, 6) is 0.0366. The third kappa shape index (κ3) is 4.25. The summed E-state index contributed by atoms with van der Waals surface area (Å²) in [4.78, 5) is 25.7.